The summed E-state index contributed by atoms with van der Waals surface area (Å²) in [4.78, 5) is 26.6. The third kappa shape index (κ3) is 7.00. The van der Waals surface area contributed by atoms with Crippen molar-refractivity contribution in [3.8, 4) is 5.75 Å². The van der Waals surface area contributed by atoms with Crippen LogP contribution in [0.5, 0.6) is 5.75 Å². The van der Waals surface area contributed by atoms with E-state index in [1.165, 1.54) is 11.6 Å². The van der Waals surface area contributed by atoms with E-state index in [1.54, 1.807) is 41.0 Å². The van der Waals surface area contributed by atoms with Crippen LogP contribution in [0, 0.1) is 6.92 Å². The average molecular weight is 590 g/mol. The van der Waals surface area contributed by atoms with Crippen molar-refractivity contribution in [3.05, 3.63) is 99.7 Å². The Balaban J connectivity index is 1.50. The summed E-state index contributed by atoms with van der Waals surface area (Å²) in [6.07, 6.45) is 2.16. The van der Waals surface area contributed by atoms with Crippen molar-refractivity contribution in [3.63, 3.8) is 0 Å². The van der Waals surface area contributed by atoms with E-state index in [2.05, 4.69) is 33.9 Å². The Labute approximate surface area is 249 Å². The second-order valence-electron chi connectivity index (χ2n) is 12.5. The van der Waals surface area contributed by atoms with Gasteiger partial charge in [0.1, 0.15) is 5.75 Å². The van der Waals surface area contributed by atoms with E-state index in [1.807, 2.05) is 37.3 Å². The molecule has 0 bridgehead atoms. The molecule has 1 aromatic heterocycles. The molecule has 1 N–H and O–H groups in total. The highest BCUT2D eigenvalue weighted by Crippen LogP contribution is 2.39. The summed E-state index contributed by atoms with van der Waals surface area (Å²) < 4.78 is 7.33. The summed E-state index contributed by atoms with van der Waals surface area (Å²) in [5, 5.41) is 11.4. The van der Waals surface area contributed by atoms with Gasteiger partial charge in [-0.15, -0.1) is 0 Å². The molecular weight excluding hydrogens is 550 g/mol. The van der Waals surface area contributed by atoms with Crippen LogP contribution in [0.15, 0.2) is 66.7 Å². The van der Waals surface area contributed by atoms with E-state index in [0.29, 0.717) is 43.7 Å². The van der Waals surface area contributed by atoms with Crippen molar-refractivity contribution in [2.75, 3.05) is 0 Å². The molecular formula is C34H40ClNO4Si. The Morgan fingerprint density at radius 2 is 1.59 bits per heavy atom. The van der Waals surface area contributed by atoms with Gasteiger partial charge in [0.15, 0.2) is 0 Å². The highest BCUT2D eigenvalue weighted by molar-refractivity contribution is 6.80. The van der Waals surface area contributed by atoms with Gasteiger partial charge in [0, 0.05) is 21.7 Å². The summed E-state index contributed by atoms with van der Waals surface area (Å²) in [5.41, 5.74) is 4.45. The first-order valence-corrected chi connectivity index (χ1v) is 17.7. The molecule has 0 saturated carbocycles. The van der Waals surface area contributed by atoms with Crippen molar-refractivity contribution < 1.29 is 19.4 Å². The van der Waals surface area contributed by atoms with Crippen LogP contribution in [0.25, 0.3) is 10.9 Å². The lowest BCUT2D eigenvalue weighted by Gasteiger charge is -2.37. The summed E-state index contributed by atoms with van der Waals surface area (Å²) in [6, 6.07) is 21.2. The number of hydrogen-bond acceptors (Lipinski definition) is 4. The van der Waals surface area contributed by atoms with Crippen molar-refractivity contribution in [1.29, 1.82) is 0 Å². The van der Waals surface area contributed by atoms with Crippen LogP contribution in [0.1, 0.15) is 59.9 Å². The van der Waals surface area contributed by atoms with E-state index in [4.69, 9.17) is 16.3 Å². The maximum absolute atomic E-state index is 13.5. The second-order valence-corrected chi connectivity index (χ2v) is 18.7. The van der Waals surface area contributed by atoms with Crippen molar-refractivity contribution >= 4 is 42.5 Å². The summed E-state index contributed by atoms with van der Waals surface area (Å²) in [7, 11) is -1.30. The fraction of sp³-hybridized carbons (Fsp3) is 0.353. The Morgan fingerprint density at radius 1 is 0.951 bits per heavy atom. The molecule has 0 aliphatic rings. The number of nitrogens with zero attached hydrogens (tertiary/aromatic N) is 1. The standard InChI is InChI=1S/C34H40ClNO4Si/c1-23-29(21-32(38)40-28-16-9-24(10-17-28)8-7-19-41(5,6)34(2,3)4)30-20-25(22-37)11-18-31(30)36(23)33(39)26-12-14-27(35)15-13-26/h9-18,20,37H,7-8,19,21-22H2,1-6H3. The van der Waals surface area contributed by atoms with E-state index < -0.39 is 14.0 Å². The number of aryl methyl sites for hydroxylation is 1. The lowest BCUT2D eigenvalue weighted by atomic mass is 10.1. The zero-order valence-electron chi connectivity index (χ0n) is 24.9. The van der Waals surface area contributed by atoms with Gasteiger partial charge in [0.25, 0.3) is 5.91 Å². The quantitative estimate of drug-likeness (QED) is 0.121. The first-order valence-electron chi connectivity index (χ1n) is 14.1. The molecule has 3 aromatic carbocycles. The monoisotopic (exact) mass is 589 g/mol. The van der Waals surface area contributed by atoms with Gasteiger partial charge in [0.05, 0.1) is 26.6 Å². The fourth-order valence-corrected chi connectivity index (χ4v) is 6.92. The Kier molecular flexibility index (Phi) is 9.27. The normalized spacial score (nSPS) is 12.1. The third-order valence-corrected chi connectivity index (χ3v) is 14.6. The molecule has 7 heteroatoms. The topological polar surface area (TPSA) is 68.5 Å². The lowest BCUT2D eigenvalue weighted by Crippen LogP contribution is -2.36. The number of carbonyl (C=O) groups excluding carboxylic acids is 2. The SMILES string of the molecule is Cc1c(CC(=O)Oc2ccc(CCC[Si](C)(C)C(C)(C)C)cc2)c2cc(CO)ccc2n1C(=O)c1ccc(Cl)cc1. The number of halogens is 1. The van der Waals surface area contributed by atoms with Gasteiger partial charge in [-0.2, -0.15) is 0 Å². The van der Waals surface area contributed by atoms with Gasteiger partial charge in [-0.1, -0.05) is 76.1 Å². The number of hydrogen-bond donors (Lipinski definition) is 1. The Hall–Kier alpha value is -3.19. The first-order chi connectivity index (χ1) is 19.3. The minimum Gasteiger partial charge on any atom is -0.426 e. The smallest absolute Gasteiger partial charge is 0.315 e. The molecule has 0 fully saturated rings. The molecule has 0 spiro atoms. The Morgan fingerprint density at radius 3 is 2.20 bits per heavy atom. The highest BCUT2D eigenvalue weighted by atomic mass is 35.5. The van der Waals surface area contributed by atoms with Gasteiger partial charge in [0.2, 0.25) is 0 Å². The van der Waals surface area contributed by atoms with Gasteiger partial charge in [-0.25, -0.2) is 0 Å². The number of aromatic nitrogens is 1. The largest absolute Gasteiger partial charge is 0.426 e. The van der Waals surface area contributed by atoms with Gasteiger partial charge < -0.3 is 9.84 Å². The predicted octanol–water partition coefficient (Wildman–Crippen LogP) is 8.37. The number of ether oxygens (including phenoxy) is 1. The summed E-state index contributed by atoms with van der Waals surface area (Å²) in [6.45, 7) is 13.7. The van der Waals surface area contributed by atoms with Crippen molar-refractivity contribution in [2.24, 2.45) is 0 Å². The van der Waals surface area contributed by atoms with E-state index >= 15 is 0 Å². The van der Waals surface area contributed by atoms with E-state index in [0.717, 1.165) is 18.2 Å². The number of aliphatic hydroxyl groups is 1. The number of aliphatic hydroxyl groups excluding tert-OH is 1. The second kappa shape index (κ2) is 12.4. The zero-order chi connectivity index (χ0) is 29.9. The van der Waals surface area contributed by atoms with Crippen LogP contribution in [-0.4, -0.2) is 29.6 Å². The number of rotatable bonds is 9. The molecule has 5 nitrogen and oxygen atoms in total. The minimum absolute atomic E-state index is 0.00756. The van der Waals surface area contributed by atoms with Crippen LogP contribution in [0.3, 0.4) is 0 Å². The van der Waals surface area contributed by atoms with Crippen LogP contribution in [0.2, 0.25) is 29.2 Å². The third-order valence-electron chi connectivity index (χ3n) is 8.65. The zero-order valence-corrected chi connectivity index (χ0v) is 26.6. The van der Waals surface area contributed by atoms with Gasteiger partial charge in [-0.05, 0) is 83.6 Å². The Bertz CT molecular complexity index is 1550. The van der Waals surface area contributed by atoms with Crippen LogP contribution < -0.4 is 4.74 Å². The van der Waals surface area contributed by atoms with Gasteiger partial charge in [-0.3, -0.25) is 14.2 Å². The number of esters is 1. The highest BCUT2D eigenvalue weighted by Gasteiger charge is 2.34. The summed E-state index contributed by atoms with van der Waals surface area (Å²) >= 11 is 6.02. The molecule has 216 valence electrons. The summed E-state index contributed by atoms with van der Waals surface area (Å²) in [5.74, 6) is -0.131. The number of fused-ring (bicyclic) bond motifs is 1. The fourth-order valence-electron chi connectivity index (χ4n) is 4.98. The predicted molar refractivity (Wildman–Crippen MR) is 170 cm³/mol. The van der Waals surface area contributed by atoms with Crippen LogP contribution >= 0.6 is 11.6 Å². The molecule has 41 heavy (non-hydrogen) atoms. The average Bonchev–Trinajstić information content (AvgIpc) is 3.19. The maximum atomic E-state index is 13.5. The lowest BCUT2D eigenvalue weighted by molar-refractivity contribution is -0.133. The molecule has 0 aliphatic carbocycles. The van der Waals surface area contributed by atoms with E-state index in [9.17, 15) is 14.7 Å². The molecule has 1 heterocycles. The molecule has 0 unspecified atom stereocenters. The molecule has 0 aliphatic heterocycles. The van der Waals surface area contributed by atoms with Gasteiger partial charge >= 0.3 is 5.97 Å². The molecule has 0 atom stereocenters. The van der Waals surface area contributed by atoms with E-state index in [-0.39, 0.29) is 18.9 Å². The first kappa shape index (κ1) is 30.8. The van der Waals surface area contributed by atoms with Crippen LogP contribution in [0.4, 0.5) is 0 Å². The number of benzene rings is 3. The van der Waals surface area contributed by atoms with Crippen LogP contribution in [-0.2, 0) is 24.2 Å². The van der Waals surface area contributed by atoms with Crippen molar-refractivity contribution in [2.45, 2.75) is 77.7 Å². The molecule has 4 rings (SSSR count). The number of carbonyl (C=O) groups is 2. The molecule has 0 amide bonds. The molecule has 0 saturated heterocycles. The van der Waals surface area contributed by atoms with Crippen molar-refractivity contribution in [1.82, 2.24) is 4.57 Å². The maximum Gasteiger partial charge on any atom is 0.315 e. The molecule has 4 aromatic rings. The minimum atomic E-state index is -1.30. The molecule has 0 radical (unpaired) electrons.